The van der Waals surface area contributed by atoms with E-state index in [0.29, 0.717) is 12.2 Å². The first-order chi connectivity index (χ1) is 14.2. The van der Waals surface area contributed by atoms with E-state index in [0.717, 1.165) is 0 Å². The highest BCUT2D eigenvalue weighted by Gasteiger charge is 2.38. The summed E-state index contributed by atoms with van der Waals surface area (Å²) in [7, 11) is -5.13. The second-order valence-corrected chi connectivity index (χ2v) is 6.05. The molecule has 15 heteroatoms. The van der Waals surface area contributed by atoms with Gasteiger partial charge in [0.15, 0.2) is 0 Å². The van der Waals surface area contributed by atoms with Crippen LogP contribution in [0.1, 0.15) is 0 Å². The quantitative estimate of drug-likeness (QED) is 0.0967. The summed E-state index contributed by atoms with van der Waals surface area (Å²) in [5, 5.41) is 18.3. The Kier molecular flexibility index (Phi) is 14.2. The summed E-state index contributed by atoms with van der Waals surface area (Å²) in [4.78, 5) is 45.8. The summed E-state index contributed by atoms with van der Waals surface area (Å²) in [6.45, 7) is 9.01. The first-order valence-corrected chi connectivity index (χ1v) is 9.34. The summed E-state index contributed by atoms with van der Waals surface area (Å²) in [5.74, 6) is -3.94. The molecule has 1 unspecified atom stereocenters. The Hall–Kier alpha value is -2.42. The zero-order chi connectivity index (χ0) is 23.0. The third-order valence-corrected chi connectivity index (χ3v) is 3.28. The molecule has 30 heavy (non-hydrogen) atoms. The molecule has 0 rings (SSSR count). The van der Waals surface area contributed by atoms with Gasteiger partial charge in [-0.25, -0.2) is 18.9 Å². The van der Waals surface area contributed by atoms with Crippen molar-refractivity contribution in [2.45, 2.75) is 6.10 Å². The summed E-state index contributed by atoms with van der Waals surface area (Å²) >= 11 is 0. The third-order valence-electron chi connectivity index (χ3n) is 2.51. The number of aliphatic hydroxyl groups excluding tert-OH is 2. The molecule has 2 N–H and O–H groups in total. The van der Waals surface area contributed by atoms with Crippen LogP contribution in [-0.4, -0.2) is 67.3 Å². The highest BCUT2D eigenvalue weighted by molar-refractivity contribution is 7.48. The molecule has 0 amide bonds. The SMILES string of the molecule is C=CC(=O)OOP(=O)(OOC(=O)C=C)OOC(=O)C(=C)C(O)COCCOCCO. The van der Waals surface area contributed by atoms with Crippen molar-refractivity contribution in [2.75, 3.05) is 33.0 Å². The Bertz CT molecular complexity index is 632. The maximum Gasteiger partial charge on any atom is 0.584 e. The van der Waals surface area contributed by atoms with Crippen molar-refractivity contribution < 1.29 is 67.3 Å². The third kappa shape index (κ3) is 12.2. The van der Waals surface area contributed by atoms with Gasteiger partial charge in [0.2, 0.25) is 0 Å². The maximum atomic E-state index is 12.1. The van der Waals surface area contributed by atoms with E-state index in [2.05, 4.69) is 48.4 Å². The van der Waals surface area contributed by atoms with Gasteiger partial charge in [-0.1, -0.05) is 33.8 Å². The summed E-state index contributed by atoms with van der Waals surface area (Å²) in [6.07, 6.45) is -0.337. The molecule has 0 radical (unpaired) electrons. The van der Waals surface area contributed by atoms with Gasteiger partial charge < -0.3 is 19.7 Å². The molecule has 0 aliphatic rings. The molecule has 0 aromatic carbocycles. The van der Waals surface area contributed by atoms with E-state index in [1.54, 1.807) is 0 Å². The van der Waals surface area contributed by atoms with Gasteiger partial charge in [-0.05, 0) is 0 Å². The van der Waals surface area contributed by atoms with Crippen molar-refractivity contribution in [2.24, 2.45) is 0 Å². The molecule has 0 bridgehead atoms. The van der Waals surface area contributed by atoms with Crippen LogP contribution in [0.2, 0.25) is 0 Å². The van der Waals surface area contributed by atoms with Crippen LogP contribution in [0.4, 0.5) is 0 Å². The number of hydrogen-bond acceptors (Lipinski definition) is 14. The van der Waals surface area contributed by atoms with E-state index < -0.39 is 44.0 Å². The van der Waals surface area contributed by atoms with E-state index in [1.807, 2.05) is 0 Å². The fourth-order valence-corrected chi connectivity index (χ4v) is 1.68. The molecule has 1 atom stereocenters. The molecular weight excluding hydrogens is 435 g/mol. The van der Waals surface area contributed by atoms with E-state index >= 15 is 0 Å². The van der Waals surface area contributed by atoms with Crippen LogP contribution in [0, 0.1) is 0 Å². The lowest BCUT2D eigenvalue weighted by molar-refractivity contribution is -0.292. The predicted octanol–water partition coefficient (Wildman–Crippen LogP) is -0.167. The van der Waals surface area contributed by atoms with Gasteiger partial charge in [-0.3, -0.25) is 14.7 Å². The van der Waals surface area contributed by atoms with Crippen LogP contribution >= 0.6 is 7.82 Å². The number of phosphoric acid groups is 1. The second-order valence-electron chi connectivity index (χ2n) is 4.71. The van der Waals surface area contributed by atoms with Gasteiger partial charge in [-0.2, -0.15) is 0 Å². The van der Waals surface area contributed by atoms with Gasteiger partial charge in [0, 0.05) is 12.2 Å². The molecule has 0 fully saturated rings. The largest absolute Gasteiger partial charge is 0.584 e. The molecule has 0 aliphatic heterocycles. The number of aliphatic hydroxyl groups is 2. The maximum absolute atomic E-state index is 12.1. The van der Waals surface area contributed by atoms with Crippen molar-refractivity contribution in [3.8, 4) is 0 Å². The normalized spacial score (nSPS) is 11.8. The van der Waals surface area contributed by atoms with Gasteiger partial charge in [0.05, 0.1) is 38.6 Å². The van der Waals surface area contributed by atoms with Gasteiger partial charge in [0.25, 0.3) is 0 Å². The summed E-state index contributed by atoms with van der Waals surface area (Å²) < 4.78 is 34.2. The van der Waals surface area contributed by atoms with Crippen LogP contribution < -0.4 is 0 Å². The van der Waals surface area contributed by atoms with Crippen molar-refractivity contribution in [3.05, 3.63) is 37.5 Å². The molecule has 0 heterocycles. The Morgan fingerprint density at radius 2 is 1.40 bits per heavy atom. The monoisotopic (exact) mass is 456 g/mol. The lowest BCUT2D eigenvalue weighted by Crippen LogP contribution is -2.25. The first kappa shape index (κ1) is 27.6. The Morgan fingerprint density at radius 3 is 1.90 bits per heavy atom. The fraction of sp³-hybridized carbons (Fsp3) is 0.400. The Balaban J connectivity index is 4.64. The summed E-state index contributed by atoms with van der Waals surface area (Å²) in [6, 6.07) is 0. The molecule has 170 valence electrons. The van der Waals surface area contributed by atoms with Crippen molar-refractivity contribution >= 4 is 25.7 Å². The van der Waals surface area contributed by atoms with Crippen LogP contribution in [0.3, 0.4) is 0 Å². The molecule has 0 aromatic heterocycles. The van der Waals surface area contributed by atoms with E-state index in [4.69, 9.17) is 14.6 Å². The van der Waals surface area contributed by atoms with Crippen molar-refractivity contribution in [3.63, 3.8) is 0 Å². The van der Waals surface area contributed by atoms with Gasteiger partial charge in [0.1, 0.15) is 6.10 Å². The fourth-order valence-electron chi connectivity index (χ4n) is 1.12. The number of rotatable bonds is 17. The number of hydrogen-bond donors (Lipinski definition) is 2. The standard InChI is InChI=1S/C15H21O14P/c1-4-13(18)24-27-30(21,28-25-14(19)5-2)29-26-15(20)11(3)12(17)10-23-9-8-22-7-6-16/h4-5,12,16-17H,1-3,6-10H2. The van der Waals surface area contributed by atoms with Gasteiger partial charge in [-0.15, -0.1) is 0 Å². The van der Waals surface area contributed by atoms with Crippen LogP contribution in [0.25, 0.3) is 0 Å². The lowest BCUT2D eigenvalue weighted by atomic mass is 10.2. The molecule has 0 aliphatic carbocycles. The van der Waals surface area contributed by atoms with E-state index in [9.17, 15) is 24.1 Å². The summed E-state index contributed by atoms with van der Waals surface area (Å²) in [5.41, 5.74) is -0.594. The number of ether oxygens (including phenoxy) is 2. The minimum absolute atomic E-state index is 0.0378. The molecule has 14 nitrogen and oxygen atoms in total. The minimum atomic E-state index is -5.13. The number of carbonyl (C=O) groups is 3. The average molecular weight is 456 g/mol. The van der Waals surface area contributed by atoms with Crippen LogP contribution in [0.5, 0.6) is 0 Å². The first-order valence-electron chi connectivity index (χ1n) is 7.88. The minimum Gasteiger partial charge on any atom is -0.394 e. The van der Waals surface area contributed by atoms with Crippen LogP contribution in [-0.2, 0) is 57.1 Å². The topological polar surface area (TPSA) is 183 Å². The highest BCUT2D eigenvalue weighted by Crippen LogP contribution is 2.50. The highest BCUT2D eigenvalue weighted by atomic mass is 31.2. The molecule has 0 aromatic rings. The zero-order valence-electron chi connectivity index (χ0n) is 15.6. The van der Waals surface area contributed by atoms with Crippen molar-refractivity contribution in [1.82, 2.24) is 0 Å². The predicted molar refractivity (Wildman–Crippen MR) is 93.4 cm³/mol. The number of carbonyl (C=O) groups excluding carboxylic acids is 3. The molecule has 0 saturated carbocycles. The smallest absolute Gasteiger partial charge is 0.394 e. The molecular formula is C15H21O14P. The zero-order valence-corrected chi connectivity index (χ0v) is 16.5. The average Bonchev–Trinajstić information content (AvgIpc) is 2.75. The molecule has 0 saturated heterocycles. The lowest BCUT2D eigenvalue weighted by Gasteiger charge is -2.15. The molecule has 0 spiro atoms. The van der Waals surface area contributed by atoms with Crippen molar-refractivity contribution in [1.29, 1.82) is 0 Å². The van der Waals surface area contributed by atoms with Crippen LogP contribution in [0.15, 0.2) is 37.5 Å². The van der Waals surface area contributed by atoms with E-state index in [-0.39, 0.29) is 26.4 Å². The van der Waals surface area contributed by atoms with Gasteiger partial charge >= 0.3 is 25.7 Å². The Labute approximate surface area is 170 Å². The Morgan fingerprint density at radius 1 is 0.900 bits per heavy atom. The van der Waals surface area contributed by atoms with E-state index in [1.165, 1.54) is 0 Å². The second kappa shape index (κ2) is 15.4.